The number of hydrogen-bond donors (Lipinski definition) is 0. The van der Waals surface area contributed by atoms with Crippen molar-refractivity contribution in [2.75, 3.05) is 13.7 Å². The molecule has 3 atom stereocenters. The number of benzene rings is 2. The van der Waals surface area contributed by atoms with Crippen molar-refractivity contribution >= 4 is 0 Å². The summed E-state index contributed by atoms with van der Waals surface area (Å²) in [4.78, 5) is 0. The molecule has 1 fully saturated rings. The summed E-state index contributed by atoms with van der Waals surface area (Å²) in [6.45, 7) is 0.773. The molecule has 0 aromatic heterocycles. The van der Waals surface area contributed by atoms with Gasteiger partial charge in [-0.15, -0.1) is 0 Å². The topological polar surface area (TPSA) is 27.7 Å². The van der Waals surface area contributed by atoms with E-state index in [1.54, 1.807) is 7.11 Å². The molecule has 3 rings (SSSR count). The van der Waals surface area contributed by atoms with Gasteiger partial charge >= 0.3 is 0 Å². The zero-order chi connectivity index (χ0) is 15.9. The summed E-state index contributed by atoms with van der Waals surface area (Å²) >= 11 is 0. The molecule has 122 valence electrons. The van der Waals surface area contributed by atoms with Gasteiger partial charge in [0.1, 0.15) is 12.2 Å². The normalized spacial score (nSPS) is 20.8. The first-order valence-electron chi connectivity index (χ1n) is 8.28. The Labute approximate surface area is 138 Å². The second-order valence-corrected chi connectivity index (χ2v) is 5.83. The van der Waals surface area contributed by atoms with Crippen LogP contribution in [0, 0.1) is 0 Å². The molecule has 3 nitrogen and oxygen atoms in total. The largest absolute Gasteiger partial charge is 0.374 e. The molecule has 0 radical (unpaired) electrons. The molecule has 1 aliphatic rings. The molecule has 2 aromatic rings. The summed E-state index contributed by atoms with van der Waals surface area (Å²) in [6.07, 6.45) is 2.69. The molecule has 23 heavy (non-hydrogen) atoms. The first-order valence-corrected chi connectivity index (χ1v) is 8.28. The van der Waals surface area contributed by atoms with E-state index < -0.39 is 0 Å². The molecule has 3 heteroatoms. The fraction of sp³-hybridized carbons (Fsp3) is 0.400. The van der Waals surface area contributed by atoms with Crippen LogP contribution >= 0.6 is 0 Å². The van der Waals surface area contributed by atoms with Crippen LogP contribution in [0.4, 0.5) is 0 Å². The van der Waals surface area contributed by atoms with Gasteiger partial charge in [-0.05, 0) is 30.4 Å². The van der Waals surface area contributed by atoms with Gasteiger partial charge in [-0.1, -0.05) is 60.7 Å². The summed E-state index contributed by atoms with van der Waals surface area (Å²) in [5.74, 6) is 0. The number of rotatable bonds is 6. The zero-order valence-electron chi connectivity index (χ0n) is 13.6. The van der Waals surface area contributed by atoms with Crippen LogP contribution in [0.3, 0.4) is 0 Å². The lowest BCUT2D eigenvalue weighted by molar-refractivity contribution is -0.213. The number of methoxy groups -OCH3 is 1. The lowest BCUT2D eigenvalue weighted by atomic mass is 9.98. The molecule has 1 aliphatic heterocycles. The van der Waals surface area contributed by atoms with Gasteiger partial charge in [-0.2, -0.15) is 0 Å². The fourth-order valence-electron chi connectivity index (χ4n) is 3.03. The minimum Gasteiger partial charge on any atom is -0.374 e. The second-order valence-electron chi connectivity index (χ2n) is 5.83. The van der Waals surface area contributed by atoms with E-state index >= 15 is 0 Å². The summed E-state index contributed by atoms with van der Waals surface area (Å²) in [5.41, 5.74) is 2.22. The average Bonchev–Trinajstić information content (AvgIpc) is 2.64. The zero-order valence-corrected chi connectivity index (χ0v) is 13.6. The fourth-order valence-corrected chi connectivity index (χ4v) is 3.03. The van der Waals surface area contributed by atoms with Crippen molar-refractivity contribution in [2.45, 2.75) is 37.8 Å². The van der Waals surface area contributed by atoms with Gasteiger partial charge in [0.2, 0.25) is 0 Å². The maximum absolute atomic E-state index is 6.34. The van der Waals surface area contributed by atoms with Crippen molar-refractivity contribution in [1.82, 2.24) is 0 Å². The van der Waals surface area contributed by atoms with E-state index in [-0.39, 0.29) is 18.5 Å². The van der Waals surface area contributed by atoms with E-state index in [9.17, 15) is 0 Å². The minimum absolute atomic E-state index is 0.157. The molecule has 0 aliphatic carbocycles. The third-order valence-electron chi connectivity index (χ3n) is 4.22. The first kappa shape index (κ1) is 16.2. The van der Waals surface area contributed by atoms with Crippen LogP contribution in [-0.2, 0) is 14.2 Å². The van der Waals surface area contributed by atoms with Gasteiger partial charge in [0.25, 0.3) is 0 Å². The van der Waals surface area contributed by atoms with Crippen LogP contribution < -0.4 is 0 Å². The maximum atomic E-state index is 6.34. The Morgan fingerprint density at radius 3 is 2.00 bits per heavy atom. The summed E-state index contributed by atoms with van der Waals surface area (Å²) < 4.78 is 17.9. The molecule has 0 spiro atoms. The van der Waals surface area contributed by atoms with Crippen LogP contribution in [-0.4, -0.2) is 20.0 Å². The van der Waals surface area contributed by atoms with Crippen molar-refractivity contribution in [3.8, 4) is 0 Å². The standard InChI is InChI=1S/C20H24O3/c1-21-19(16-10-4-2-5-11-16)20(17-12-6-3-7-13-17)23-18-14-8-9-15-22-18/h2-7,10-13,18-20H,8-9,14-15H2,1H3. The molecule has 3 unspecified atom stereocenters. The Kier molecular flexibility index (Phi) is 5.81. The highest BCUT2D eigenvalue weighted by Crippen LogP contribution is 2.36. The van der Waals surface area contributed by atoms with Crippen molar-refractivity contribution < 1.29 is 14.2 Å². The van der Waals surface area contributed by atoms with Gasteiger partial charge in [0.15, 0.2) is 6.29 Å². The highest BCUT2D eigenvalue weighted by Gasteiger charge is 2.29. The molecule has 0 bridgehead atoms. The van der Waals surface area contributed by atoms with Gasteiger partial charge in [0, 0.05) is 13.7 Å². The number of hydrogen-bond acceptors (Lipinski definition) is 3. The smallest absolute Gasteiger partial charge is 0.158 e. The number of ether oxygens (including phenoxy) is 3. The minimum atomic E-state index is -0.188. The summed E-state index contributed by atoms with van der Waals surface area (Å²) in [7, 11) is 1.73. The van der Waals surface area contributed by atoms with E-state index in [2.05, 4.69) is 24.3 Å². The highest BCUT2D eigenvalue weighted by molar-refractivity contribution is 5.25. The predicted molar refractivity (Wildman–Crippen MR) is 90.1 cm³/mol. The lowest BCUT2D eigenvalue weighted by Crippen LogP contribution is -2.27. The van der Waals surface area contributed by atoms with Crippen LogP contribution in [0.25, 0.3) is 0 Å². The Balaban J connectivity index is 1.87. The van der Waals surface area contributed by atoms with Gasteiger partial charge in [0.05, 0.1) is 0 Å². The van der Waals surface area contributed by atoms with Crippen LogP contribution in [0.15, 0.2) is 60.7 Å². The second kappa shape index (κ2) is 8.25. The van der Waals surface area contributed by atoms with E-state index in [0.717, 1.165) is 37.0 Å². The lowest BCUT2D eigenvalue weighted by Gasteiger charge is -2.32. The third-order valence-corrected chi connectivity index (χ3v) is 4.22. The summed E-state index contributed by atoms with van der Waals surface area (Å²) in [5, 5.41) is 0. The monoisotopic (exact) mass is 312 g/mol. The van der Waals surface area contributed by atoms with E-state index in [4.69, 9.17) is 14.2 Å². The van der Waals surface area contributed by atoms with E-state index in [1.165, 1.54) is 0 Å². The summed E-state index contributed by atoms with van der Waals surface area (Å²) in [6, 6.07) is 20.5. The molecular weight excluding hydrogens is 288 g/mol. The first-order chi connectivity index (χ1) is 11.4. The van der Waals surface area contributed by atoms with Crippen molar-refractivity contribution in [1.29, 1.82) is 0 Å². The van der Waals surface area contributed by atoms with Crippen LogP contribution in [0.1, 0.15) is 42.6 Å². The third kappa shape index (κ3) is 4.20. The Bertz CT molecular complexity index is 564. The molecule has 0 N–H and O–H groups in total. The van der Waals surface area contributed by atoms with Crippen molar-refractivity contribution in [3.63, 3.8) is 0 Å². The van der Waals surface area contributed by atoms with E-state index in [0.29, 0.717) is 0 Å². The molecule has 1 saturated heterocycles. The molecule has 0 saturated carbocycles. The Morgan fingerprint density at radius 2 is 1.48 bits per heavy atom. The van der Waals surface area contributed by atoms with Crippen LogP contribution in [0.2, 0.25) is 0 Å². The predicted octanol–water partition coefficient (Wildman–Crippen LogP) is 4.66. The maximum Gasteiger partial charge on any atom is 0.158 e. The Hall–Kier alpha value is -1.68. The van der Waals surface area contributed by atoms with Crippen molar-refractivity contribution in [3.05, 3.63) is 71.8 Å². The molecular formula is C20H24O3. The Morgan fingerprint density at radius 1 is 0.870 bits per heavy atom. The van der Waals surface area contributed by atoms with Gasteiger partial charge < -0.3 is 14.2 Å². The van der Waals surface area contributed by atoms with Gasteiger partial charge in [-0.3, -0.25) is 0 Å². The van der Waals surface area contributed by atoms with Gasteiger partial charge in [-0.25, -0.2) is 0 Å². The average molecular weight is 312 g/mol. The SMILES string of the molecule is COC(c1ccccc1)C(OC1CCCCO1)c1ccccc1. The molecule has 0 amide bonds. The highest BCUT2D eigenvalue weighted by atomic mass is 16.7. The molecule has 1 heterocycles. The van der Waals surface area contributed by atoms with Crippen molar-refractivity contribution in [2.24, 2.45) is 0 Å². The quantitative estimate of drug-likeness (QED) is 0.776. The van der Waals surface area contributed by atoms with Crippen LogP contribution in [0.5, 0.6) is 0 Å². The molecule has 2 aromatic carbocycles. The van der Waals surface area contributed by atoms with E-state index in [1.807, 2.05) is 36.4 Å².